The second kappa shape index (κ2) is 5.35. The monoisotopic (exact) mass is 257 g/mol. The van der Waals surface area contributed by atoms with E-state index in [0.29, 0.717) is 17.3 Å². The summed E-state index contributed by atoms with van der Waals surface area (Å²) in [6, 6.07) is 0.0131. The van der Waals surface area contributed by atoms with Crippen molar-refractivity contribution in [1.82, 2.24) is 5.32 Å². The zero-order valence-corrected chi connectivity index (χ0v) is 10.00. The largest absolute Gasteiger partial charge is 0.308 e. The van der Waals surface area contributed by atoms with Crippen LogP contribution in [0.2, 0.25) is 0 Å². The molecule has 1 rings (SSSR count). The second-order valence-corrected chi connectivity index (χ2v) is 6.32. The maximum Gasteiger partial charge on any atom is 0.151 e. The van der Waals surface area contributed by atoms with Crippen molar-refractivity contribution < 1.29 is 8.42 Å². The van der Waals surface area contributed by atoms with Gasteiger partial charge in [0, 0.05) is 23.2 Å². The SMILES string of the molecule is O=S1(=O)CCCC(NCC(Cl)=CCl)C1. The van der Waals surface area contributed by atoms with Crippen molar-refractivity contribution in [1.29, 1.82) is 0 Å². The number of rotatable bonds is 3. The Hall–Kier alpha value is 0.230. The molecule has 0 amide bonds. The van der Waals surface area contributed by atoms with Gasteiger partial charge in [0.1, 0.15) is 0 Å². The summed E-state index contributed by atoms with van der Waals surface area (Å²) in [6.07, 6.45) is 1.61. The molecule has 1 heterocycles. The van der Waals surface area contributed by atoms with Gasteiger partial charge in [-0.3, -0.25) is 0 Å². The molecule has 0 aliphatic carbocycles. The highest BCUT2D eigenvalue weighted by Crippen LogP contribution is 2.12. The summed E-state index contributed by atoms with van der Waals surface area (Å²) in [5, 5.41) is 3.56. The summed E-state index contributed by atoms with van der Waals surface area (Å²) in [5.41, 5.74) is 1.28. The molecule has 1 aliphatic rings. The maximum absolute atomic E-state index is 11.3. The minimum Gasteiger partial charge on any atom is -0.308 e. The van der Waals surface area contributed by atoms with Crippen LogP contribution in [0.1, 0.15) is 12.8 Å². The molecule has 0 aromatic carbocycles. The van der Waals surface area contributed by atoms with Gasteiger partial charge >= 0.3 is 0 Å². The highest BCUT2D eigenvalue weighted by molar-refractivity contribution is 7.91. The second-order valence-electron chi connectivity index (χ2n) is 3.39. The van der Waals surface area contributed by atoms with Crippen LogP contribution < -0.4 is 5.32 Å². The van der Waals surface area contributed by atoms with E-state index in [1.807, 2.05) is 0 Å². The molecule has 1 atom stereocenters. The van der Waals surface area contributed by atoms with Gasteiger partial charge in [-0.05, 0) is 12.8 Å². The number of sulfone groups is 1. The van der Waals surface area contributed by atoms with Crippen molar-refractivity contribution in [3.05, 3.63) is 10.6 Å². The minimum atomic E-state index is -2.84. The number of halogens is 2. The van der Waals surface area contributed by atoms with Crippen LogP contribution in [0.15, 0.2) is 10.6 Å². The average Bonchev–Trinajstić information content (AvgIpc) is 2.12. The van der Waals surface area contributed by atoms with E-state index < -0.39 is 9.84 Å². The van der Waals surface area contributed by atoms with Crippen LogP contribution in [0.25, 0.3) is 0 Å². The van der Waals surface area contributed by atoms with Gasteiger partial charge in [-0.2, -0.15) is 0 Å². The summed E-state index contributed by atoms with van der Waals surface area (Å²) >= 11 is 11.0. The molecule has 0 saturated carbocycles. The predicted octanol–water partition coefficient (Wildman–Crippen LogP) is 1.47. The maximum atomic E-state index is 11.3. The topological polar surface area (TPSA) is 46.2 Å². The number of nitrogens with one attached hydrogen (secondary N) is 1. The van der Waals surface area contributed by atoms with Crippen LogP contribution in [0.5, 0.6) is 0 Å². The Labute approximate surface area is 94.4 Å². The van der Waals surface area contributed by atoms with Crippen LogP contribution in [0, 0.1) is 0 Å². The summed E-state index contributed by atoms with van der Waals surface area (Å²) in [7, 11) is -2.84. The molecule has 1 saturated heterocycles. The third kappa shape index (κ3) is 4.17. The van der Waals surface area contributed by atoms with Gasteiger partial charge in [0.25, 0.3) is 0 Å². The molecule has 0 bridgehead atoms. The van der Waals surface area contributed by atoms with Crippen LogP contribution in [0.4, 0.5) is 0 Å². The molecule has 1 fully saturated rings. The Morgan fingerprint density at radius 2 is 2.29 bits per heavy atom. The van der Waals surface area contributed by atoms with Crippen LogP contribution in [-0.4, -0.2) is 32.5 Å². The average molecular weight is 258 g/mol. The molecule has 0 radical (unpaired) electrons. The van der Waals surface area contributed by atoms with Crippen molar-refractivity contribution >= 4 is 33.0 Å². The molecule has 1 aliphatic heterocycles. The van der Waals surface area contributed by atoms with E-state index in [1.165, 1.54) is 5.54 Å². The summed E-state index contributed by atoms with van der Waals surface area (Å²) < 4.78 is 22.5. The Kier molecular flexibility index (Phi) is 4.70. The molecular formula is C8H13Cl2NO2S. The lowest BCUT2D eigenvalue weighted by Gasteiger charge is -2.22. The molecule has 0 spiro atoms. The van der Waals surface area contributed by atoms with Crippen LogP contribution >= 0.6 is 23.2 Å². The molecule has 1 N–H and O–H groups in total. The summed E-state index contributed by atoms with van der Waals surface area (Å²) in [5.74, 6) is 0.518. The molecule has 1 unspecified atom stereocenters. The fourth-order valence-electron chi connectivity index (χ4n) is 1.46. The van der Waals surface area contributed by atoms with Gasteiger partial charge in [0.05, 0.1) is 11.5 Å². The zero-order chi connectivity index (χ0) is 10.6. The molecule has 3 nitrogen and oxygen atoms in total. The third-order valence-electron chi connectivity index (χ3n) is 2.14. The van der Waals surface area contributed by atoms with E-state index in [2.05, 4.69) is 5.32 Å². The quantitative estimate of drug-likeness (QED) is 0.833. The number of hydrogen-bond donors (Lipinski definition) is 1. The van der Waals surface area contributed by atoms with Crippen molar-refractivity contribution in [3.8, 4) is 0 Å². The first-order chi connectivity index (χ1) is 6.53. The Bertz CT molecular complexity index is 313. The van der Waals surface area contributed by atoms with Crippen LogP contribution in [-0.2, 0) is 9.84 Å². The van der Waals surface area contributed by atoms with Crippen molar-refractivity contribution in [3.63, 3.8) is 0 Å². The Morgan fingerprint density at radius 3 is 2.86 bits per heavy atom. The first-order valence-corrected chi connectivity index (χ1v) is 7.05. The number of hydrogen-bond acceptors (Lipinski definition) is 3. The normalized spacial score (nSPS) is 27.6. The molecule has 14 heavy (non-hydrogen) atoms. The van der Waals surface area contributed by atoms with E-state index in [9.17, 15) is 8.42 Å². The van der Waals surface area contributed by atoms with Crippen molar-refractivity contribution in [2.45, 2.75) is 18.9 Å². The minimum absolute atomic E-state index is 0.0131. The lowest BCUT2D eigenvalue weighted by molar-refractivity contribution is 0.497. The van der Waals surface area contributed by atoms with Gasteiger partial charge in [0.2, 0.25) is 0 Å². The lowest BCUT2D eigenvalue weighted by atomic mass is 10.2. The highest BCUT2D eigenvalue weighted by atomic mass is 35.5. The highest BCUT2D eigenvalue weighted by Gasteiger charge is 2.23. The molecule has 6 heteroatoms. The predicted molar refractivity (Wildman–Crippen MR) is 59.5 cm³/mol. The van der Waals surface area contributed by atoms with Crippen molar-refractivity contribution in [2.75, 3.05) is 18.1 Å². The van der Waals surface area contributed by atoms with Gasteiger partial charge in [-0.15, -0.1) is 0 Å². The van der Waals surface area contributed by atoms with Crippen molar-refractivity contribution in [2.24, 2.45) is 0 Å². The summed E-state index contributed by atoms with van der Waals surface area (Å²) in [4.78, 5) is 0. The smallest absolute Gasteiger partial charge is 0.151 e. The van der Waals surface area contributed by atoms with E-state index >= 15 is 0 Å². The zero-order valence-electron chi connectivity index (χ0n) is 7.67. The van der Waals surface area contributed by atoms with E-state index in [1.54, 1.807) is 0 Å². The molecule has 82 valence electrons. The first-order valence-electron chi connectivity index (χ1n) is 4.42. The van der Waals surface area contributed by atoms with E-state index in [-0.39, 0.29) is 11.8 Å². The fraction of sp³-hybridized carbons (Fsp3) is 0.750. The molecular weight excluding hydrogens is 245 g/mol. The Morgan fingerprint density at radius 1 is 1.57 bits per heavy atom. The molecule has 0 aromatic rings. The first kappa shape index (κ1) is 12.3. The summed E-state index contributed by atoms with van der Waals surface area (Å²) in [6.45, 7) is 0.436. The van der Waals surface area contributed by atoms with E-state index in [0.717, 1.165) is 12.8 Å². The third-order valence-corrected chi connectivity index (χ3v) is 4.58. The standard InChI is InChI=1S/C8H13Cl2NO2S/c9-4-7(10)5-11-8-2-1-3-14(12,13)6-8/h4,8,11H,1-3,5-6H2. The van der Waals surface area contributed by atoms with Gasteiger partial charge in [0.15, 0.2) is 9.84 Å². The van der Waals surface area contributed by atoms with Gasteiger partial charge in [-0.1, -0.05) is 23.2 Å². The van der Waals surface area contributed by atoms with Crippen LogP contribution in [0.3, 0.4) is 0 Å². The lowest BCUT2D eigenvalue weighted by Crippen LogP contribution is -2.40. The Balaban J connectivity index is 2.39. The van der Waals surface area contributed by atoms with Gasteiger partial charge < -0.3 is 5.32 Å². The van der Waals surface area contributed by atoms with Gasteiger partial charge in [-0.25, -0.2) is 8.42 Å². The molecule has 0 aromatic heterocycles. The fourth-order valence-corrected chi connectivity index (χ4v) is 3.29. The van der Waals surface area contributed by atoms with E-state index in [4.69, 9.17) is 23.2 Å².